The van der Waals surface area contributed by atoms with E-state index in [4.69, 9.17) is 0 Å². The summed E-state index contributed by atoms with van der Waals surface area (Å²) in [5.41, 5.74) is 0.0856. The molecule has 1 saturated heterocycles. The highest BCUT2D eigenvalue weighted by Crippen LogP contribution is 2.23. The van der Waals surface area contributed by atoms with Crippen LogP contribution in [-0.2, 0) is 24.4 Å². The standard InChI is InChI=1S/C14H15IO8S2/c15-7-5-11(24(18,19)20)13(16)9-1-3-10(4-2-9)14(17)12-6-8-23-25(12,21)22/h1-4,11-12H,5-8H2,(H,18,19,20). The molecule has 1 aromatic rings. The van der Waals surface area contributed by atoms with Crippen molar-refractivity contribution in [1.82, 2.24) is 0 Å². The van der Waals surface area contributed by atoms with E-state index in [1.54, 1.807) is 0 Å². The number of halogens is 1. The highest BCUT2D eigenvalue weighted by atomic mass is 127. The van der Waals surface area contributed by atoms with Gasteiger partial charge in [-0.25, -0.2) is 0 Å². The summed E-state index contributed by atoms with van der Waals surface area (Å²) in [5.74, 6) is -1.43. The molecule has 0 aromatic heterocycles. The summed E-state index contributed by atoms with van der Waals surface area (Å²) in [6.45, 7) is -0.0539. The number of ketones is 2. The molecule has 0 spiro atoms. The maximum atomic E-state index is 12.3. The molecule has 1 heterocycles. The first-order valence-corrected chi connectivity index (χ1v) is 11.7. The molecule has 0 amide bonds. The fraction of sp³-hybridized carbons (Fsp3) is 0.429. The Hall–Kier alpha value is -0.890. The molecule has 2 atom stereocenters. The second-order valence-electron chi connectivity index (χ2n) is 5.38. The van der Waals surface area contributed by atoms with Gasteiger partial charge in [0, 0.05) is 15.6 Å². The fourth-order valence-corrected chi connectivity index (χ4v) is 5.59. The van der Waals surface area contributed by atoms with E-state index in [9.17, 15) is 31.0 Å². The van der Waals surface area contributed by atoms with Crippen molar-refractivity contribution < 1.29 is 35.2 Å². The van der Waals surface area contributed by atoms with Gasteiger partial charge in [-0.3, -0.25) is 18.3 Å². The first kappa shape index (κ1) is 20.4. The van der Waals surface area contributed by atoms with Gasteiger partial charge in [0.15, 0.2) is 16.8 Å². The molecule has 138 valence electrons. The summed E-state index contributed by atoms with van der Waals surface area (Å²) >= 11 is 1.89. The molecule has 2 rings (SSSR count). The van der Waals surface area contributed by atoms with E-state index in [2.05, 4.69) is 4.18 Å². The fourth-order valence-electron chi connectivity index (χ4n) is 2.44. The average Bonchev–Trinajstić information content (AvgIpc) is 2.89. The number of alkyl halides is 1. The molecule has 1 fully saturated rings. The Labute approximate surface area is 159 Å². The van der Waals surface area contributed by atoms with Gasteiger partial charge in [0.2, 0.25) is 0 Å². The Kier molecular flexibility index (Phi) is 6.35. The van der Waals surface area contributed by atoms with Crippen LogP contribution >= 0.6 is 22.6 Å². The van der Waals surface area contributed by atoms with Crippen molar-refractivity contribution in [3.05, 3.63) is 35.4 Å². The summed E-state index contributed by atoms with van der Waals surface area (Å²) < 4.78 is 60.1. The van der Waals surface area contributed by atoms with E-state index in [0.717, 1.165) is 0 Å². The van der Waals surface area contributed by atoms with Crippen LogP contribution in [0.5, 0.6) is 0 Å². The topological polar surface area (TPSA) is 132 Å². The summed E-state index contributed by atoms with van der Waals surface area (Å²) in [4.78, 5) is 24.5. The maximum absolute atomic E-state index is 12.3. The third-order valence-corrected chi connectivity index (χ3v) is 7.18. The van der Waals surface area contributed by atoms with E-state index in [0.29, 0.717) is 4.43 Å². The minimum Gasteiger partial charge on any atom is -0.293 e. The first-order chi connectivity index (χ1) is 11.6. The van der Waals surface area contributed by atoms with Crippen molar-refractivity contribution in [2.75, 3.05) is 11.0 Å². The van der Waals surface area contributed by atoms with E-state index >= 15 is 0 Å². The lowest BCUT2D eigenvalue weighted by Crippen LogP contribution is -2.30. The van der Waals surface area contributed by atoms with Crippen molar-refractivity contribution >= 4 is 54.4 Å². The van der Waals surface area contributed by atoms with Gasteiger partial charge in [0.05, 0.1) is 6.61 Å². The number of rotatable bonds is 7. The van der Waals surface area contributed by atoms with Gasteiger partial charge in [-0.1, -0.05) is 46.9 Å². The quantitative estimate of drug-likeness (QED) is 0.194. The highest BCUT2D eigenvalue weighted by Gasteiger charge is 2.39. The second-order valence-corrected chi connectivity index (χ2v) is 9.85. The van der Waals surface area contributed by atoms with Crippen LogP contribution in [0.3, 0.4) is 0 Å². The zero-order valence-electron chi connectivity index (χ0n) is 12.8. The number of hydrogen-bond donors (Lipinski definition) is 1. The van der Waals surface area contributed by atoms with Crippen molar-refractivity contribution in [2.24, 2.45) is 0 Å². The lowest BCUT2D eigenvalue weighted by atomic mass is 10.0. The maximum Gasteiger partial charge on any atom is 0.277 e. The monoisotopic (exact) mass is 502 g/mol. The highest BCUT2D eigenvalue weighted by molar-refractivity contribution is 14.1. The van der Waals surface area contributed by atoms with Gasteiger partial charge in [-0.2, -0.15) is 16.8 Å². The number of Topliss-reactive ketones (excluding diaryl/α,β-unsaturated/α-hetero) is 2. The lowest BCUT2D eigenvalue weighted by Gasteiger charge is -2.12. The molecule has 2 unspecified atom stereocenters. The van der Waals surface area contributed by atoms with Gasteiger partial charge in [0.25, 0.3) is 20.2 Å². The van der Waals surface area contributed by atoms with Gasteiger partial charge in [0.1, 0.15) is 5.25 Å². The van der Waals surface area contributed by atoms with Crippen molar-refractivity contribution in [1.29, 1.82) is 0 Å². The summed E-state index contributed by atoms with van der Waals surface area (Å²) in [6.07, 6.45) is 0.0128. The minimum atomic E-state index is -4.55. The molecular weight excluding hydrogens is 487 g/mol. The molecule has 1 aliphatic heterocycles. The third kappa shape index (κ3) is 4.64. The van der Waals surface area contributed by atoms with Crippen LogP contribution in [0.4, 0.5) is 0 Å². The van der Waals surface area contributed by atoms with Crippen LogP contribution in [0.15, 0.2) is 24.3 Å². The van der Waals surface area contributed by atoms with Gasteiger partial charge >= 0.3 is 0 Å². The largest absolute Gasteiger partial charge is 0.293 e. The summed E-state index contributed by atoms with van der Waals surface area (Å²) in [5, 5.41) is -2.85. The van der Waals surface area contributed by atoms with Gasteiger partial charge in [-0.05, 0) is 12.8 Å². The molecule has 1 aromatic carbocycles. The molecule has 0 saturated carbocycles. The lowest BCUT2D eigenvalue weighted by molar-refractivity contribution is 0.0973. The van der Waals surface area contributed by atoms with Crippen LogP contribution in [0, 0.1) is 0 Å². The SMILES string of the molecule is O=C(c1ccc(C(=O)C2CCOS2(=O)=O)cc1)C(CCI)S(=O)(=O)O. The van der Waals surface area contributed by atoms with Crippen LogP contribution in [0.25, 0.3) is 0 Å². The predicted octanol–water partition coefficient (Wildman–Crippen LogP) is 1.25. The molecule has 11 heteroatoms. The molecule has 1 aliphatic rings. The zero-order chi connectivity index (χ0) is 18.8. The molecule has 1 N–H and O–H groups in total. The van der Waals surface area contributed by atoms with E-state index in [1.165, 1.54) is 24.3 Å². The molecule has 0 aliphatic carbocycles. The summed E-state index contributed by atoms with van der Waals surface area (Å²) in [7, 11) is -8.48. The summed E-state index contributed by atoms with van der Waals surface area (Å²) in [6, 6.07) is 5.00. The van der Waals surface area contributed by atoms with Crippen LogP contribution in [0.2, 0.25) is 0 Å². The van der Waals surface area contributed by atoms with E-state index in [-0.39, 0.29) is 30.6 Å². The minimum absolute atomic E-state index is 0.00885. The van der Waals surface area contributed by atoms with Crippen molar-refractivity contribution in [2.45, 2.75) is 23.3 Å². The van der Waals surface area contributed by atoms with E-state index in [1.807, 2.05) is 22.6 Å². The Bertz CT molecular complexity index is 874. The molecule has 25 heavy (non-hydrogen) atoms. The second kappa shape index (κ2) is 7.78. The molecule has 8 nitrogen and oxygen atoms in total. The van der Waals surface area contributed by atoms with E-state index < -0.39 is 42.3 Å². The van der Waals surface area contributed by atoms with Gasteiger partial charge in [-0.15, -0.1) is 0 Å². The first-order valence-electron chi connectivity index (χ1n) is 7.17. The third-order valence-electron chi connectivity index (χ3n) is 3.75. The number of carbonyl (C=O) groups is 2. The number of carbonyl (C=O) groups excluding carboxylic acids is 2. The smallest absolute Gasteiger partial charge is 0.277 e. The Morgan fingerprint density at radius 2 is 1.80 bits per heavy atom. The molecule has 0 radical (unpaired) electrons. The van der Waals surface area contributed by atoms with Crippen LogP contribution < -0.4 is 0 Å². The van der Waals surface area contributed by atoms with Crippen LogP contribution in [0.1, 0.15) is 33.6 Å². The molecule has 0 bridgehead atoms. The Morgan fingerprint density at radius 3 is 2.24 bits per heavy atom. The van der Waals surface area contributed by atoms with Crippen molar-refractivity contribution in [3.8, 4) is 0 Å². The predicted molar refractivity (Wildman–Crippen MR) is 97.2 cm³/mol. The van der Waals surface area contributed by atoms with Crippen molar-refractivity contribution in [3.63, 3.8) is 0 Å². The zero-order valence-corrected chi connectivity index (χ0v) is 16.6. The normalized spacial score (nSPS) is 21.0. The Morgan fingerprint density at radius 1 is 1.24 bits per heavy atom. The number of benzene rings is 1. The number of hydrogen-bond acceptors (Lipinski definition) is 7. The van der Waals surface area contributed by atoms with Gasteiger partial charge < -0.3 is 0 Å². The van der Waals surface area contributed by atoms with Crippen LogP contribution in [-0.4, -0.2) is 54.5 Å². The Balaban J connectivity index is 2.25. The molecular formula is C14H15IO8S2. The average molecular weight is 502 g/mol.